The van der Waals surface area contributed by atoms with E-state index in [0.717, 1.165) is 32.8 Å². The topological polar surface area (TPSA) is 50.5 Å². The van der Waals surface area contributed by atoms with Gasteiger partial charge in [0.25, 0.3) is 0 Å². The molecular formula is C9H24N2O2+2. The molecule has 4 nitrogen and oxygen atoms in total. The van der Waals surface area contributed by atoms with Crippen LogP contribution in [0.1, 0.15) is 6.92 Å². The fraction of sp³-hybridized carbons (Fsp3) is 1.00. The Bertz CT molecular complexity index is 104. The van der Waals surface area contributed by atoms with Crippen molar-refractivity contribution >= 4 is 0 Å². The Morgan fingerprint density at radius 3 is 1.92 bits per heavy atom. The molecule has 0 bridgehead atoms. The molecule has 0 aromatic rings. The molecule has 13 heavy (non-hydrogen) atoms. The van der Waals surface area contributed by atoms with Gasteiger partial charge in [0.15, 0.2) is 0 Å². The van der Waals surface area contributed by atoms with Gasteiger partial charge >= 0.3 is 0 Å². The van der Waals surface area contributed by atoms with Gasteiger partial charge in [-0.1, -0.05) is 0 Å². The molecule has 80 valence electrons. The number of hydrogen-bond acceptors (Lipinski definition) is 2. The van der Waals surface area contributed by atoms with Crippen molar-refractivity contribution in [2.45, 2.75) is 13.0 Å². The third kappa shape index (κ3) is 5.99. The van der Waals surface area contributed by atoms with E-state index in [9.17, 15) is 0 Å². The minimum atomic E-state index is 0.588. The van der Waals surface area contributed by atoms with Crippen LogP contribution in [0.5, 0.6) is 0 Å². The van der Waals surface area contributed by atoms with Crippen molar-refractivity contribution in [3.05, 3.63) is 0 Å². The molecule has 0 aliphatic heterocycles. The highest BCUT2D eigenvalue weighted by Crippen LogP contribution is 1.70. The molecule has 1 atom stereocenters. The van der Waals surface area contributed by atoms with E-state index >= 15 is 0 Å². The Morgan fingerprint density at radius 2 is 1.62 bits per heavy atom. The van der Waals surface area contributed by atoms with Crippen LogP contribution in [0.2, 0.25) is 0 Å². The van der Waals surface area contributed by atoms with Crippen LogP contribution < -0.4 is 10.6 Å². The van der Waals surface area contributed by atoms with Crippen molar-refractivity contribution in [2.24, 2.45) is 0 Å². The van der Waals surface area contributed by atoms with Crippen LogP contribution in [0.3, 0.4) is 0 Å². The zero-order chi connectivity index (χ0) is 10.1. The molecule has 0 aliphatic carbocycles. The molecule has 0 heterocycles. The first-order valence-electron chi connectivity index (χ1n) is 4.88. The molecule has 0 aromatic carbocycles. The molecule has 4 N–H and O–H groups in total. The normalized spacial score (nSPS) is 13.6. The van der Waals surface area contributed by atoms with E-state index in [0.29, 0.717) is 6.04 Å². The molecule has 0 saturated carbocycles. The quantitative estimate of drug-likeness (QED) is 0.458. The van der Waals surface area contributed by atoms with Crippen LogP contribution in [0, 0.1) is 0 Å². The fourth-order valence-corrected chi connectivity index (χ4v) is 1.29. The van der Waals surface area contributed by atoms with E-state index in [1.165, 1.54) is 4.90 Å². The summed E-state index contributed by atoms with van der Waals surface area (Å²) in [5.41, 5.74) is 3.92. The zero-order valence-electron chi connectivity index (χ0n) is 9.14. The highest BCUT2D eigenvalue weighted by Gasteiger charge is 2.16. The minimum Gasteiger partial charge on any atom is -0.379 e. The number of hydrogen-bond donors (Lipinski definition) is 2. The fourth-order valence-electron chi connectivity index (χ4n) is 1.29. The molecule has 0 fully saturated rings. The van der Waals surface area contributed by atoms with Crippen molar-refractivity contribution in [1.82, 2.24) is 0 Å². The monoisotopic (exact) mass is 192 g/mol. The summed E-state index contributed by atoms with van der Waals surface area (Å²) in [6.45, 7) is 6.87. The minimum absolute atomic E-state index is 0.588. The maximum Gasteiger partial charge on any atom is 0.134 e. The average molecular weight is 192 g/mol. The Labute approximate surface area is 81.0 Å². The summed E-state index contributed by atoms with van der Waals surface area (Å²) >= 11 is 0. The first kappa shape index (κ1) is 12.8. The third-order valence-electron chi connectivity index (χ3n) is 2.38. The lowest BCUT2D eigenvalue weighted by Gasteiger charge is -2.23. The molecule has 0 aliphatic rings. The van der Waals surface area contributed by atoms with Gasteiger partial charge in [0.05, 0.1) is 13.2 Å². The first-order chi connectivity index (χ1) is 6.26. The zero-order valence-corrected chi connectivity index (χ0v) is 9.14. The van der Waals surface area contributed by atoms with E-state index < -0.39 is 0 Å². The summed E-state index contributed by atoms with van der Waals surface area (Å²) in [5, 5.41) is 0. The van der Waals surface area contributed by atoms with Gasteiger partial charge in [-0.05, 0) is 6.92 Å². The second-order valence-corrected chi connectivity index (χ2v) is 3.33. The summed E-state index contributed by atoms with van der Waals surface area (Å²) in [6.07, 6.45) is 0. The Kier molecular flexibility index (Phi) is 8.33. The predicted octanol–water partition coefficient (Wildman–Crippen LogP) is -2.21. The summed E-state index contributed by atoms with van der Waals surface area (Å²) in [5.74, 6) is 0. The Hall–Kier alpha value is -0.160. The molecule has 0 spiro atoms. The van der Waals surface area contributed by atoms with Crippen LogP contribution in [-0.4, -0.2) is 53.1 Å². The van der Waals surface area contributed by atoms with Crippen molar-refractivity contribution in [1.29, 1.82) is 0 Å². The van der Waals surface area contributed by atoms with Gasteiger partial charge in [0.1, 0.15) is 25.7 Å². The van der Waals surface area contributed by atoms with E-state index in [1.807, 2.05) is 0 Å². The van der Waals surface area contributed by atoms with Gasteiger partial charge in [-0.3, -0.25) is 0 Å². The van der Waals surface area contributed by atoms with Crippen LogP contribution in [0.25, 0.3) is 0 Å². The Balaban J connectivity index is 3.72. The molecule has 0 amide bonds. The lowest BCUT2D eigenvalue weighted by atomic mass is 10.3. The largest absolute Gasteiger partial charge is 0.379 e. The van der Waals surface area contributed by atoms with Gasteiger partial charge < -0.3 is 20.1 Å². The molecular weight excluding hydrogens is 168 g/mol. The predicted molar refractivity (Wildman–Crippen MR) is 51.7 cm³/mol. The molecule has 0 unspecified atom stereocenters. The standard InChI is InChI=1S/C9H22N2O2/c1-9(8-10)11(4-6-12-2)5-7-13-3/h9H,4-8,10H2,1-3H3/p+2/t9-/m1/s1. The lowest BCUT2D eigenvalue weighted by Crippen LogP contribution is -3.17. The summed E-state index contributed by atoms with van der Waals surface area (Å²) in [7, 11) is 3.48. The molecule has 0 saturated heterocycles. The second kappa shape index (κ2) is 8.44. The molecule has 0 aromatic heterocycles. The SMILES string of the molecule is COCC[NH+](CCOC)[C@H](C)C[NH3+]. The number of methoxy groups -OCH3 is 2. The van der Waals surface area contributed by atoms with Crippen LogP contribution in [0.15, 0.2) is 0 Å². The van der Waals surface area contributed by atoms with Crippen LogP contribution >= 0.6 is 0 Å². The number of quaternary nitrogens is 2. The molecule has 0 radical (unpaired) electrons. The van der Waals surface area contributed by atoms with Crippen LogP contribution in [-0.2, 0) is 9.47 Å². The second-order valence-electron chi connectivity index (χ2n) is 3.33. The third-order valence-corrected chi connectivity index (χ3v) is 2.38. The average Bonchev–Trinajstić information content (AvgIpc) is 2.17. The molecule has 0 rings (SSSR count). The number of nitrogens with one attached hydrogen (secondary N) is 1. The smallest absolute Gasteiger partial charge is 0.134 e. The maximum atomic E-state index is 5.06. The van der Waals surface area contributed by atoms with Crippen molar-refractivity contribution in [3.63, 3.8) is 0 Å². The van der Waals surface area contributed by atoms with E-state index in [2.05, 4.69) is 12.7 Å². The number of ether oxygens (including phenoxy) is 2. The van der Waals surface area contributed by atoms with Crippen molar-refractivity contribution in [3.8, 4) is 0 Å². The highest BCUT2D eigenvalue weighted by atomic mass is 16.5. The van der Waals surface area contributed by atoms with E-state index in [-0.39, 0.29) is 0 Å². The van der Waals surface area contributed by atoms with Gasteiger partial charge in [-0.25, -0.2) is 0 Å². The van der Waals surface area contributed by atoms with Crippen molar-refractivity contribution in [2.75, 3.05) is 47.1 Å². The molecule has 4 heteroatoms. The van der Waals surface area contributed by atoms with E-state index in [1.54, 1.807) is 14.2 Å². The van der Waals surface area contributed by atoms with Crippen LogP contribution in [0.4, 0.5) is 0 Å². The van der Waals surface area contributed by atoms with Gasteiger partial charge in [-0.2, -0.15) is 0 Å². The van der Waals surface area contributed by atoms with Gasteiger partial charge in [-0.15, -0.1) is 0 Å². The highest BCUT2D eigenvalue weighted by molar-refractivity contribution is 4.42. The van der Waals surface area contributed by atoms with Gasteiger partial charge in [0, 0.05) is 14.2 Å². The summed E-state index contributed by atoms with van der Waals surface area (Å²) in [4.78, 5) is 1.51. The lowest BCUT2D eigenvalue weighted by molar-refractivity contribution is -0.929. The Morgan fingerprint density at radius 1 is 1.15 bits per heavy atom. The van der Waals surface area contributed by atoms with E-state index in [4.69, 9.17) is 9.47 Å². The first-order valence-corrected chi connectivity index (χ1v) is 4.88. The summed E-state index contributed by atoms with van der Waals surface area (Å²) < 4.78 is 10.1. The number of rotatable bonds is 8. The summed E-state index contributed by atoms with van der Waals surface area (Å²) in [6, 6.07) is 0.588. The van der Waals surface area contributed by atoms with Gasteiger partial charge in [0.2, 0.25) is 0 Å². The maximum absolute atomic E-state index is 5.06. The van der Waals surface area contributed by atoms with Crippen molar-refractivity contribution < 1.29 is 20.1 Å².